The standard InChI is InChI=1S/C20H19F3N2O2S/c1-13(11-27-2)25-18(26)16-8-3-4-9-17(16)24-19(25)28-12-14-6-5-7-15(10-14)20(21,22)23/h3-10,13H,11-12H2,1-2H3. The number of hydrogen-bond donors (Lipinski definition) is 0. The van der Waals surface area contributed by atoms with Crippen molar-refractivity contribution in [1.29, 1.82) is 0 Å². The van der Waals surface area contributed by atoms with E-state index in [4.69, 9.17) is 4.74 Å². The summed E-state index contributed by atoms with van der Waals surface area (Å²) in [5, 5.41) is 0.944. The van der Waals surface area contributed by atoms with Crippen LogP contribution in [0.15, 0.2) is 58.5 Å². The van der Waals surface area contributed by atoms with Crippen molar-refractivity contribution in [2.45, 2.75) is 30.1 Å². The van der Waals surface area contributed by atoms with Gasteiger partial charge in [0.05, 0.1) is 29.1 Å². The number of methoxy groups -OCH3 is 1. The Balaban J connectivity index is 1.98. The van der Waals surface area contributed by atoms with Gasteiger partial charge in [0.2, 0.25) is 0 Å². The molecule has 0 aliphatic carbocycles. The second-order valence-corrected chi connectivity index (χ2v) is 7.32. The number of benzene rings is 2. The third-order valence-corrected chi connectivity index (χ3v) is 5.27. The highest BCUT2D eigenvalue weighted by Gasteiger charge is 2.30. The van der Waals surface area contributed by atoms with Crippen LogP contribution in [0.5, 0.6) is 0 Å². The third kappa shape index (κ3) is 4.39. The molecule has 0 bridgehead atoms. The first-order valence-electron chi connectivity index (χ1n) is 8.60. The van der Waals surface area contributed by atoms with Crippen molar-refractivity contribution in [1.82, 2.24) is 9.55 Å². The summed E-state index contributed by atoms with van der Waals surface area (Å²) in [5.41, 5.74) is 0.178. The molecule has 0 saturated carbocycles. The Hall–Kier alpha value is -2.32. The Morgan fingerprint density at radius 2 is 1.93 bits per heavy atom. The Bertz CT molecular complexity index is 1030. The van der Waals surface area contributed by atoms with E-state index in [0.29, 0.717) is 28.2 Å². The van der Waals surface area contributed by atoms with E-state index in [-0.39, 0.29) is 17.4 Å². The molecule has 4 nitrogen and oxygen atoms in total. The van der Waals surface area contributed by atoms with Crippen molar-refractivity contribution < 1.29 is 17.9 Å². The summed E-state index contributed by atoms with van der Waals surface area (Å²) in [4.78, 5) is 17.5. The largest absolute Gasteiger partial charge is 0.416 e. The number of fused-ring (bicyclic) bond motifs is 1. The Labute approximate surface area is 164 Å². The predicted octanol–water partition coefficient (Wildman–Crippen LogP) is 4.92. The minimum atomic E-state index is -4.39. The van der Waals surface area contributed by atoms with Gasteiger partial charge in [-0.2, -0.15) is 13.2 Å². The van der Waals surface area contributed by atoms with E-state index < -0.39 is 11.7 Å². The fourth-order valence-corrected chi connectivity index (χ4v) is 3.96. The first kappa shape index (κ1) is 20.4. The molecule has 8 heteroatoms. The molecule has 3 aromatic rings. The highest BCUT2D eigenvalue weighted by molar-refractivity contribution is 7.98. The van der Waals surface area contributed by atoms with Crippen molar-refractivity contribution in [2.24, 2.45) is 0 Å². The van der Waals surface area contributed by atoms with Crippen LogP contribution >= 0.6 is 11.8 Å². The van der Waals surface area contributed by atoms with Crippen molar-refractivity contribution in [3.05, 3.63) is 70.0 Å². The lowest BCUT2D eigenvalue weighted by molar-refractivity contribution is -0.137. The van der Waals surface area contributed by atoms with Gasteiger partial charge in [-0.15, -0.1) is 0 Å². The normalized spacial score (nSPS) is 13.0. The number of hydrogen-bond acceptors (Lipinski definition) is 4. The Morgan fingerprint density at radius 3 is 2.64 bits per heavy atom. The molecule has 0 N–H and O–H groups in total. The van der Waals surface area contributed by atoms with Gasteiger partial charge < -0.3 is 4.74 Å². The predicted molar refractivity (Wildman–Crippen MR) is 104 cm³/mol. The first-order chi connectivity index (χ1) is 13.3. The molecule has 3 rings (SSSR count). The number of aromatic nitrogens is 2. The van der Waals surface area contributed by atoms with Crippen LogP contribution in [0.2, 0.25) is 0 Å². The fourth-order valence-electron chi connectivity index (χ4n) is 2.92. The van der Waals surface area contributed by atoms with E-state index in [2.05, 4.69) is 4.98 Å². The molecule has 1 atom stereocenters. The van der Waals surface area contributed by atoms with Gasteiger partial charge in [-0.05, 0) is 30.7 Å². The number of halogens is 3. The zero-order valence-corrected chi connectivity index (χ0v) is 16.2. The molecule has 148 valence electrons. The van der Waals surface area contributed by atoms with Gasteiger partial charge in [0.25, 0.3) is 5.56 Å². The molecule has 0 spiro atoms. The van der Waals surface area contributed by atoms with Crippen molar-refractivity contribution in [3.63, 3.8) is 0 Å². The van der Waals surface area contributed by atoms with Crippen LogP contribution in [0.25, 0.3) is 10.9 Å². The van der Waals surface area contributed by atoms with E-state index in [0.717, 1.165) is 12.1 Å². The van der Waals surface area contributed by atoms with Gasteiger partial charge in [-0.25, -0.2) is 4.98 Å². The minimum Gasteiger partial charge on any atom is -0.383 e. The zero-order chi connectivity index (χ0) is 20.3. The second kappa shape index (κ2) is 8.36. The number of nitrogens with zero attached hydrogens (tertiary/aromatic N) is 2. The summed E-state index contributed by atoms with van der Waals surface area (Å²) in [6.45, 7) is 2.16. The van der Waals surface area contributed by atoms with Crippen LogP contribution in [0, 0.1) is 0 Å². The van der Waals surface area contributed by atoms with Gasteiger partial charge in [0.1, 0.15) is 0 Å². The highest BCUT2D eigenvalue weighted by Crippen LogP contribution is 2.31. The lowest BCUT2D eigenvalue weighted by Gasteiger charge is -2.19. The van der Waals surface area contributed by atoms with Crippen LogP contribution in [-0.4, -0.2) is 23.3 Å². The second-order valence-electron chi connectivity index (χ2n) is 6.38. The highest BCUT2D eigenvalue weighted by atomic mass is 32.2. The third-order valence-electron chi connectivity index (χ3n) is 4.25. The van der Waals surface area contributed by atoms with E-state index in [1.54, 1.807) is 42.0 Å². The minimum absolute atomic E-state index is 0.193. The zero-order valence-electron chi connectivity index (χ0n) is 15.4. The maximum atomic E-state index is 13.0. The number of ether oxygens (including phenoxy) is 1. The molecule has 28 heavy (non-hydrogen) atoms. The van der Waals surface area contributed by atoms with Gasteiger partial charge in [-0.3, -0.25) is 9.36 Å². The van der Waals surface area contributed by atoms with E-state index >= 15 is 0 Å². The Kier molecular flexibility index (Phi) is 6.10. The summed E-state index contributed by atoms with van der Waals surface area (Å²) in [5.74, 6) is 0.258. The number of para-hydroxylation sites is 1. The topological polar surface area (TPSA) is 44.1 Å². The molecule has 2 aromatic carbocycles. The lowest BCUT2D eigenvalue weighted by atomic mass is 10.1. The fraction of sp³-hybridized carbons (Fsp3) is 0.300. The smallest absolute Gasteiger partial charge is 0.383 e. The summed E-state index contributed by atoms with van der Waals surface area (Å²) in [7, 11) is 1.55. The number of alkyl halides is 3. The first-order valence-corrected chi connectivity index (χ1v) is 9.59. The number of thioether (sulfide) groups is 1. The molecule has 0 saturated heterocycles. The summed E-state index contributed by atoms with van der Waals surface area (Å²) in [6, 6.07) is 11.9. The van der Waals surface area contributed by atoms with Crippen molar-refractivity contribution in [3.8, 4) is 0 Å². The monoisotopic (exact) mass is 408 g/mol. The van der Waals surface area contributed by atoms with E-state index in [1.807, 2.05) is 6.92 Å². The average molecular weight is 408 g/mol. The summed E-state index contributed by atoms with van der Waals surface area (Å²) >= 11 is 1.23. The quantitative estimate of drug-likeness (QED) is 0.429. The van der Waals surface area contributed by atoms with Crippen molar-refractivity contribution >= 4 is 22.7 Å². The molecule has 0 fully saturated rings. The molecule has 1 heterocycles. The molecule has 1 unspecified atom stereocenters. The molecular formula is C20H19F3N2O2S. The summed E-state index contributed by atoms with van der Waals surface area (Å²) < 4.78 is 45.5. The van der Waals surface area contributed by atoms with Gasteiger partial charge in [-0.1, -0.05) is 42.1 Å². The maximum absolute atomic E-state index is 13.0. The average Bonchev–Trinajstić information content (AvgIpc) is 2.66. The summed E-state index contributed by atoms with van der Waals surface area (Å²) in [6.07, 6.45) is -4.39. The van der Waals surface area contributed by atoms with Crippen LogP contribution in [-0.2, 0) is 16.7 Å². The maximum Gasteiger partial charge on any atom is 0.416 e. The van der Waals surface area contributed by atoms with Crippen LogP contribution in [0.4, 0.5) is 13.2 Å². The Morgan fingerprint density at radius 1 is 1.18 bits per heavy atom. The molecular weight excluding hydrogens is 389 g/mol. The van der Waals surface area contributed by atoms with Crippen LogP contribution in [0.3, 0.4) is 0 Å². The lowest BCUT2D eigenvalue weighted by Crippen LogP contribution is -2.28. The van der Waals surface area contributed by atoms with Crippen LogP contribution in [0.1, 0.15) is 24.1 Å². The molecule has 0 aliphatic heterocycles. The van der Waals surface area contributed by atoms with Gasteiger partial charge in [0.15, 0.2) is 5.16 Å². The SMILES string of the molecule is COCC(C)n1c(SCc2cccc(C(F)(F)F)c2)nc2ccccc2c1=O. The van der Waals surface area contributed by atoms with Gasteiger partial charge in [0, 0.05) is 12.9 Å². The van der Waals surface area contributed by atoms with Gasteiger partial charge >= 0.3 is 6.18 Å². The molecule has 0 aliphatic rings. The van der Waals surface area contributed by atoms with E-state index in [9.17, 15) is 18.0 Å². The molecule has 1 aromatic heterocycles. The number of rotatable bonds is 6. The van der Waals surface area contributed by atoms with Crippen LogP contribution < -0.4 is 5.56 Å². The van der Waals surface area contributed by atoms with Crippen molar-refractivity contribution in [2.75, 3.05) is 13.7 Å². The molecule has 0 amide bonds. The van der Waals surface area contributed by atoms with E-state index in [1.165, 1.54) is 17.8 Å². The molecule has 0 radical (unpaired) electrons.